The van der Waals surface area contributed by atoms with Crippen LogP contribution < -0.4 is 0 Å². The van der Waals surface area contributed by atoms with E-state index in [-0.39, 0.29) is 18.1 Å². The summed E-state index contributed by atoms with van der Waals surface area (Å²) in [6.45, 7) is 2.39. The van der Waals surface area contributed by atoms with E-state index in [9.17, 15) is 21.6 Å². The summed E-state index contributed by atoms with van der Waals surface area (Å²) < 4.78 is 67.5. The highest BCUT2D eigenvalue weighted by atomic mass is 32.2. The van der Waals surface area contributed by atoms with Crippen LogP contribution in [0.15, 0.2) is 10.6 Å². The fourth-order valence-electron chi connectivity index (χ4n) is 2.48. The Kier molecular flexibility index (Phi) is 4.43. The molecule has 0 radical (unpaired) electrons. The van der Waals surface area contributed by atoms with Gasteiger partial charge < -0.3 is 4.52 Å². The molecular weight excluding hydrogens is 367 g/mol. The monoisotopic (exact) mass is 381 g/mol. The first-order chi connectivity index (χ1) is 11.2. The van der Waals surface area contributed by atoms with E-state index in [1.165, 1.54) is 15.6 Å². The highest BCUT2D eigenvalue weighted by Gasteiger charge is 2.39. The average Bonchev–Trinajstić information content (AvgIpc) is 3.12. The molecule has 0 atom stereocenters. The zero-order chi connectivity index (χ0) is 17.5. The molecule has 0 aliphatic carbocycles. The molecule has 0 bridgehead atoms. The molecule has 0 amide bonds. The van der Waals surface area contributed by atoms with E-state index in [2.05, 4.69) is 14.7 Å². The lowest BCUT2D eigenvalue weighted by Gasteiger charge is -2.25. The third kappa shape index (κ3) is 3.33. The third-order valence-corrected chi connectivity index (χ3v) is 6.83. The Hall–Kier alpha value is -1.46. The lowest BCUT2D eigenvalue weighted by atomic mass is 10.1. The van der Waals surface area contributed by atoms with E-state index in [4.69, 9.17) is 0 Å². The van der Waals surface area contributed by atoms with Crippen LogP contribution >= 0.6 is 11.3 Å². The van der Waals surface area contributed by atoms with Crippen molar-refractivity contribution in [2.45, 2.75) is 32.5 Å². The molecule has 0 aromatic carbocycles. The highest BCUT2D eigenvalue weighted by Crippen LogP contribution is 2.36. The molecule has 0 fully saturated rings. The first kappa shape index (κ1) is 17.4. The highest BCUT2D eigenvalue weighted by molar-refractivity contribution is 7.89. The standard InChI is InChI=1S/C13H14F3N3O3S2/c1-2-5-24(20,21)19-4-3-9-8(7-19)6-10(23-9)11-17-12(22-18-11)13(14,15)16/h6H,2-5,7H2,1H3. The van der Waals surface area contributed by atoms with Crippen LogP contribution in [0.2, 0.25) is 0 Å². The van der Waals surface area contributed by atoms with Crippen molar-refractivity contribution in [1.82, 2.24) is 14.4 Å². The number of nitrogens with zero attached hydrogens (tertiary/aromatic N) is 3. The summed E-state index contributed by atoms with van der Waals surface area (Å²) in [5, 5.41) is 3.37. The third-order valence-electron chi connectivity index (χ3n) is 3.58. The molecule has 2 aromatic rings. The fourth-order valence-corrected chi connectivity index (χ4v) is 5.05. The van der Waals surface area contributed by atoms with Gasteiger partial charge in [-0.15, -0.1) is 11.3 Å². The Balaban J connectivity index is 1.85. The second kappa shape index (κ2) is 6.12. The minimum Gasteiger partial charge on any atom is -0.329 e. The zero-order valence-electron chi connectivity index (χ0n) is 12.6. The van der Waals surface area contributed by atoms with Crippen LogP contribution in [-0.4, -0.2) is 35.2 Å². The van der Waals surface area contributed by atoms with E-state index in [0.29, 0.717) is 24.3 Å². The first-order valence-electron chi connectivity index (χ1n) is 7.21. The van der Waals surface area contributed by atoms with Crippen molar-refractivity contribution >= 4 is 21.4 Å². The number of alkyl halides is 3. The van der Waals surface area contributed by atoms with Crippen molar-refractivity contribution in [2.24, 2.45) is 0 Å². The van der Waals surface area contributed by atoms with Crippen molar-refractivity contribution in [3.05, 3.63) is 22.4 Å². The summed E-state index contributed by atoms with van der Waals surface area (Å²) in [5.74, 6) is -1.44. The molecule has 1 aliphatic rings. The second-order valence-corrected chi connectivity index (χ2v) is 8.60. The molecule has 0 saturated carbocycles. The molecule has 2 aromatic heterocycles. The molecule has 24 heavy (non-hydrogen) atoms. The van der Waals surface area contributed by atoms with Crippen LogP contribution in [0.5, 0.6) is 0 Å². The van der Waals surface area contributed by atoms with Gasteiger partial charge in [0.25, 0.3) is 0 Å². The van der Waals surface area contributed by atoms with Crippen LogP contribution in [0.4, 0.5) is 13.2 Å². The predicted octanol–water partition coefficient (Wildman–Crippen LogP) is 2.91. The number of hydrogen-bond acceptors (Lipinski definition) is 6. The van der Waals surface area contributed by atoms with Crippen LogP contribution in [0.3, 0.4) is 0 Å². The number of thiophene rings is 1. The second-order valence-electron chi connectivity index (χ2n) is 5.38. The normalized spacial score (nSPS) is 16.3. The van der Waals surface area contributed by atoms with Gasteiger partial charge in [-0.25, -0.2) is 8.42 Å². The summed E-state index contributed by atoms with van der Waals surface area (Å²) >= 11 is 1.26. The molecule has 1 aliphatic heterocycles. The maximum Gasteiger partial charge on any atom is 0.471 e. The molecule has 132 valence electrons. The van der Waals surface area contributed by atoms with Gasteiger partial charge in [0.1, 0.15) is 0 Å². The van der Waals surface area contributed by atoms with E-state index >= 15 is 0 Å². The van der Waals surface area contributed by atoms with Gasteiger partial charge in [0.05, 0.1) is 10.6 Å². The lowest BCUT2D eigenvalue weighted by molar-refractivity contribution is -0.159. The van der Waals surface area contributed by atoms with E-state index in [1.54, 1.807) is 13.0 Å². The maximum absolute atomic E-state index is 12.5. The van der Waals surface area contributed by atoms with Crippen LogP contribution in [-0.2, 0) is 29.2 Å². The predicted molar refractivity (Wildman–Crippen MR) is 80.8 cm³/mol. The first-order valence-corrected chi connectivity index (χ1v) is 9.64. The molecule has 0 spiro atoms. The van der Waals surface area contributed by atoms with Crippen molar-refractivity contribution in [1.29, 1.82) is 0 Å². The smallest absolute Gasteiger partial charge is 0.329 e. The van der Waals surface area contributed by atoms with Gasteiger partial charge in [-0.3, -0.25) is 0 Å². The van der Waals surface area contributed by atoms with Crippen molar-refractivity contribution in [2.75, 3.05) is 12.3 Å². The van der Waals surface area contributed by atoms with Crippen LogP contribution in [0.25, 0.3) is 10.7 Å². The number of halogens is 3. The molecule has 11 heteroatoms. The lowest BCUT2D eigenvalue weighted by Crippen LogP contribution is -2.36. The zero-order valence-corrected chi connectivity index (χ0v) is 14.3. The van der Waals surface area contributed by atoms with Crippen LogP contribution in [0, 0.1) is 0 Å². The largest absolute Gasteiger partial charge is 0.471 e. The Morgan fingerprint density at radius 1 is 1.42 bits per heavy atom. The van der Waals surface area contributed by atoms with Gasteiger partial charge in [0, 0.05) is 18.0 Å². The summed E-state index contributed by atoms with van der Waals surface area (Å²) in [5.41, 5.74) is 0.777. The molecular formula is C13H14F3N3O3S2. The van der Waals surface area contributed by atoms with Gasteiger partial charge in [-0.05, 0) is 24.5 Å². The van der Waals surface area contributed by atoms with Crippen molar-refractivity contribution in [3.63, 3.8) is 0 Å². The quantitative estimate of drug-likeness (QED) is 0.814. The van der Waals surface area contributed by atoms with E-state index in [0.717, 1.165) is 10.4 Å². The molecule has 0 unspecified atom stereocenters. The summed E-state index contributed by atoms with van der Waals surface area (Å²) in [6, 6.07) is 1.64. The molecule has 0 saturated heterocycles. The summed E-state index contributed by atoms with van der Waals surface area (Å²) in [7, 11) is -3.31. The SMILES string of the molecule is CCCS(=O)(=O)N1CCc2sc(-c3noc(C(F)(F)F)n3)cc2C1. The fraction of sp³-hybridized carbons (Fsp3) is 0.538. The number of rotatable bonds is 4. The Labute approximate surface area is 140 Å². The van der Waals surface area contributed by atoms with Crippen molar-refractivity contribution in [3.8, 4) is 10.7 Å². The molecule has 3 rings (SSSR count). The topological polar surface area (TPSA) is 76.3 Å². The van der Waals surface area contributed by atoms with Crippen molar-refractivity contribution < 1.29 is 26.1 Å². The average molecular weight is 381 g/mol. The van der Waals surface area contributed by atoms with Crippen LogP contribution in [0.1, 0.15) is 29.7 Å². The molecule has 6 nitrogen and oxygen atoms in total. The number of hydrogen-bond donors (Lipinski definition) is 0. The maximum atomic E-state index is 12.5. The Bertz CT molecular complexity index is 842. The molecule has 3 heterocycles. The summed E-state index contributed by atoms with van der Waals surface area (Å²) in [6.07, 6.45) is -3.64. The van der Waals surface area contributed by atoms with Gasteiger partial charge in [0.15, 0.2) is 0 Å². The Morgan fingerprint density at radius 2 is 2.17 bits per heavy atom. The van der Waals surface area contributed by atoms with E-state index in [1.807, 2.05) is 0 Å². The van der Waals surface area contributed by atoms with Gasteiger partial charge in [-0.1, -0.05) is 12.1 Å². The molecule has 0 N–H and O–H groups in total. The minimum absolute atomic E-state index is 0.0825. The number of sulfonamides is 1. The Morgan fingerprint density at radius 3 is 2.79 bits per heavy atom. The summed E-state index contributed by atoms with van der Waals surface area (Å²) in [4.78, 5) is 4.74. The minimum atomic E-state index is -4.69. The number of aromatic nitrogens is 2. The van der Waals surface area contributed by atoms with Gasteiger partial charge in [0.2, 0.25) is 15.8 Å². The van der Waals surface area contributed by atoms with E-state index < -0.39 is 22.1 Å². The van der Waals surface area contributed by atoms with Gasteiger partial charge in [-0.2, -0.15) is 22.5 Å². The number of fused-ring (bicyclic) bond motifs is 1. The van der Waals surface area contributed by atoms with Gasteiger partial charge >= 0.3 is 12.1 Å².